The molecule has 0 aliphatic carbocycles. The molecular weight excluding hydrogens is 292 g/mol. The van der Waals surface area contributed by atoms with Crippen LogP contribution in [-0.2, 0) is 6.54 Å². The maximum atomic E-state index is 12.0. The Balaban J connectivity index is 1.70. The molecule has 2 amide bonds. The molecule has 1 aliphatic heterocycles. The molecule has 23 heavy (non-hydrogen) atoms. The number of pyridine rings is 1. The van der Waals surface area contributed by atoms with E-state index in [0.717, 1.165) is 38.0 Å². The van der Waals surface area contributed by atoms with Gasteiger partial charge in [-0.1, -0.05) is 12.2 Å². The number of carbonyl (C=O) groups excluding carboxylic acids is 1. The molecule has 1 aromatic rings. The van der Waals surface area contributed by atoms with Gasteiger partial charge in [-0.2, -0.15) is 0 Å². The molecule has 0 unspecified atom stereocenters. The second kappa shape index (κ2) is 8.53. The molecule has 1 aromatic heterocycles. The van der Waals surface area contributed by atoms with Crippen LogP contribution < -0.4 is 15.4 Å². The van der Waals surface area contributed by atoms with Gasteiger partial charge in [-0.25, -0.2) is 9.78 Å². The number of aromatic nitrogens is 1. The minimum absolute atomic E-state index is 0.126. The smallest absolute Gasteiger partial charge is 0.315 e. The summed E-state index contributed by atoms with van der Waals surface area (Å²) >= 11 is 0. The van der Waals surface area contributed by atoms with Crippen molar-refractivity contribution in [3.8, 4) is 5.88 Å². The molecule has 6 nitrogen and oxygen atoms in total. The first-order valence-electron chi connectivity index (χ1n) is 7.97. The topological polar surface area (TPSA) is 66.5 Å². The van der Waals surface area contributed by atoms with Gasteiger partial charge < -0.3 is 15.4 Å². The van der Waals surface area contributed by atoms with Crippen molar-refractivity contribution in [2.45, 2.75) is 32.4 Å². The van der Waals surface area contributed by atoms with Crippen molar-refractivity contribution in [1.82, 2.24) is 20.5 Å². The third-order valence-corrected chi connectivity index (χ3v) is 3.88. The second-order valence-corrected chi connectivity index (χ2v) is 6.04. The number of nitrogens with zero attached hydrogens (tertiary/aromatic N) is 2. The highest BCUT2D eigenvalue weighted by molar-refractivity contribution is 5.74. The first-order valence-corrected chi connectivity index (χ1v) is 7.97. The lowest BCUT2D eigenvalue weighted by Crippen LogP contribution is -2.47. The van der Waals surface area contributed by atoms with Crippen LogP contribution in [0.3, 0.4) is 0 Å². The molecule has 0 bridgehead atoms. The van der Waals surface area contributed by atoms with Crippen molar-refractivity contribution >= 4 is 6.03 Å². The Bertz CT molecular complexity index is 539. The van der Waals surface area contributed by atoms with Gasteiger partial charge in [0.05, 0.1) is 7.11 Å². The van der Waals surface area contributed by atoms with Crippen LogP contribution in [0.1, 0.15) is 25.3 Å². The van der Waals surface area contributed by atoms with Gasteiger partial charge in [0, 0.05) is 44.5 Å². The minimum Gasteiger partial charge on any atom is -0.481 e. The van der Waals surface area contributed by atoms with Crippen LogP contribution in [0.2, 0.25) is 0 Å². The Morgan fingerprint density at radius 3 is 2.87 bits per heavy atom. The van der Waals surface area contributed by atoms with E-state index in [4.69, 9.17) is 4.74 Å². The van der Waals surface area contributed by atoms with Gasteiger partial charge in [-0.05, 0) is 31.4 Å². The van der Waals surface area contributed by atoms with E-state index in [9.17, 15) is 4.79 Å². The van der Waals surface area contributed by atoms with E-state index in [-0.39, 0.29) is 12.1 Å². The molecule has 0 aromatic carbocycles. The number of likely N-dealkylation sites (tertiary alicyclic amines) is 1. The largest absolute Gasteiger partial charge is 0.481 e. The van der Waals surface area contributed by atoms with Crippen LogP contribution in [-0.4, -0.2) is 48.7 Å². The number of nitrogens with one attached hydrogen (secondary N) is 2. The molecule has 126 valence electrons. The fourth-order valence-corrected chi connectivity index (χ4v) is 2.71. The Kier molecular flexibility index (Phi) is 6.40. The zero-order valence-electron chi connectivity index (χ0n) is 14.0. The summed E-state index contributed by atoms with van der Waals surface area (Å²) in [5.41, 5.74) is 2.14. The fraction of sp³-hybridized carbons (Fsp3) is 0.529. The zero-order chi connectivity index (χ0) is 16.7. The van der Waals surface area contributed by atoms with E-state index in [1.807, 2.05) is 19.1 Å². The Hall–Kier alpha value is -2.08. The summed E-state index contributed by atoms with van der Waals surface area (Å²) in [6, 6.07) is 3.79. The number of rotatable bonds is 6. The van der Waals surface area contributed by atoms with Crippen molar-refractivity contribution in [3.63, 3.8) is 0 Å². The molecular formula is C17H26N4O2. The number of hydrogen-bond donors (Lipinski definition) is 2. The number of methoxy groups -OCH3 is 1. The van der Waals surface area contributed by atoms with Gasteiger partial charge in [0.1, 0.15) is 0 Å². The van der Waals surface area contributed by atoms with Gasteiger partial charge in [0.2, 0.25) is 5.88 Å². The first-order chi connectivity index (χ1) is 11.1. The van der Waals surface area contributed by atoms with Crippen LogP contribution in [0.15, 0.2) is 30.5 Å². The number of piperidine rings is 1. The average Bonchev–Trinajstić information content (AvgIpc) is 2.54. The Morgan fingerprint density at radius 2 is 2.22 bits per heavy atom. The summed E-state index contributed by atoms with van der Waals surface area (Å²) in [6.45, 7) is 9.40. The van der Waals surface area contributed by atoms with Crippen molar-refractivity contribution in [2.75, 3.05) is 26.7 Å². The van der Waals surface area contributed by atoms with E-state index >= 15 is 0 Å². The Labute approximate surface area is 137 Å². The number of carbonyl (C=O) groups is 1. The number of hydrogen-bond acceptors (Lipinski definition) is 4. The van der Waals surface area contributed by atoms with Crippen molar-refractivity contribution < 1.29 is 9.53 Å². The third kappa shape index (κ3) is 5.90. The van der Waals surface area contributed by atoms with E-state index in [1.165, 1.54) is 5.57 Å². The highest BCUT2D eigenvalue weighted by atomic mass is 16.5. The van der Waals surface area contributed by atoms with Crippen molar-refractivity contribution in [3.05, 3.63) is 36.0 Å². The van der Waals surface area contributed by atoms with Gasteiger partial charge in [-0.15, -0.1) is 0 Å². The van der Waals surface area contributed by atoms with Gasteiger partial charge >= 0.3 is 6.03 Å². The summed E-state index contributed by atoms with van der Waals surface area (Å²) in [5, 5.41) is 5.93. The molecule has 6 heteroatoms. The van der Waals surface area contributed by atoms with Crippen molar-refractivity contribution in [2.24, 2.45) is 0 Å². The predicted molar refractivity (Wildman–Crippen MR) is 90.4 cm³/mol. The van der Waals surface area contributed by atoms with Gasteiger partial charge in [-0.3, -0.25) is 4.90 Å². The standard InChI is InChI=1S/C17H26N4O2/c1-13(2)12-21-8-5-15(6-9-21)20-17(22)19-11-14-4-7-18-16(10-14)23-3/h4,7,10,15H,1,5-6,8-9,11-12H2,2-3H3,(H2,19,20,22). The van der Waals surface area contributed by atoms with Crippen LogP contribution in [0.5, 0.6) is 5.88 Å². The summed E-state index contributed by atoms with van der Waals surface area (Å²) in [4.78, 5) is 18.4. The maximum Gasteiger partial charge on any atom is 0.315 e. The lowest BCUT2D eigenvalue weighted by Gasteiger charge is -2.32. The summed E-state index contributed by atoms with van der Waals surface area (Å²) in [7, 11) is 1.58. The van der Waals surface area contributed by atoms with E-state index in [1.54, 1.807) is 13.3 Å². The van der Waals surface area contributed by atoms with Crippen LogP contribution in [0, 0.1) is 0 Å². The van der Waals surface area contributed by atoms with E-state index in [0.29, 0.717) is 12.4 Å². The lowest BCUT2D eigenvalue weighted by molar-refractivity contribution is 0.201. The van der Waals surface area contributed by atoms with Crippen LogP contribution in [0.4, 0.5) is 4.79 Å². The molecule has 0 spiro atoms. The van der Waals surface area contributed by atoms with Crippen LogP contribution in [0.25, 0.3) is 0 Å². The van der Waals surface area contributed by atoms with E-state index < -0.39 is 0 Å². The fourth-order valence-electron chi connectivity index (χ4n) is 2.71. The monoisotopic (exact) mass is 318 g/mol. The van der Waals surface area contributed by atoms with Crippen molar-refractivity contribution in [1.29, 1.82) is 0 Å². The number of amides is 2. The summed E-state index contributed by atoms with van der Waals surface area (Å²) < 4.78 is 5.07. The summed E-state index contributed by atoms with van der Waals surface area (Å²) in [6.07, 6.45) is 3.62. The van der Waals surface area contributed by atoms with Crippen LogP contribution >= 0.6 is 0 Å². The number of ether oxygens (including phenoxy) is 1. The maximum absolute atomic E-state index is 12.0. The molecule has 2 heterocycles. The second-order valence-electron chi connectivity index (χ2n) is 6.04. The SMILES string of the molecule is C=C(C)CN1CCC(NC(=O)NCc2ccnc(OC)c2)CC1. The molecule has 0 atom stereocenters. The molecule has 1 fully saturated rings. The Morgan fingerprint density at radius 1 is 1.48 bits per heavy atom. The number of urea groups is 1. The quantitative estimate of drug-likeness (QED) is 0.787. The van der Waals surface area contributed by atoms with Gasteiger partial charge in [0.25, 0.3) is 0 Å². The lowest BCUT2D eigenvalue weighted by atomic mass is 10.0. The third-order valence-electron chi connectivity index (χ3n) is 3.88. The summed E-state index contributed by atoms with van der Waals surface area (Å²) in [5.74, 6) is 0.551. The molecule has 0 radical (unpaired) electrons. The average molecular weight is 318 g/mol. The highest BCUT2D eigenvalue weighted by Gasteiger charge is 2.20. The molecule has 1 aliphatic rings. The zero-order valence-corrected chi connectivity index (χ0v) is 14.0. The normalized spacial score (nSPS) is 15.9. The van der Waals surface area contributed by atoms with E-state index in [2.05, 4.69) is 27.1 Å². The highest BCUT2D eigenvalue weighted by Crippen LogP contribution is 2.12. The molecule has 2 N–H and O–H groups in total. The molecule has 2 rings (SSSR count). The van der Waals surface area contributed by atoms with Gasteiger partial charge in [0.15, 0.2) is 0 Å². The minimum atomic E-state index is -0.126. The first kappa shape index (κ1) is 17.3. The molecule has 0 saturated carbocycles. The molecule has 1 saturated heterocycles. The predicted octanol–water partition coefficient (Wildman–Crippen LogP) is 1.93.